The molecule has 2 rings (SSSR count). The molecule has 2 aromatic rings. The third-order valence-electron chi connectivity index (χ3n) is 3.20. The van der Waals surface area contributed by atoms with Crippen LogP contribution in [0.25, 0.3) is 10.9 Å². The number of likely N-dealkylation sites (N-methyl/N-ethyl adjacent to an activating group) is 1. The number of pyridine rings is 1. The Morgan fingerprint density at radius 1 is 1.48 bits per heavy atom. The number of aliphatic hydroxyl groups is 1. The van der Waals surface area contributed by atoms with Crippen LogP contribution in [0.2, 0.25) is 0 Å². The molecule has 112 valence electrons. The Morgan fingerprint density at radius 2 is 2.19 bits per heavy atom. The number of anilines is 1. The second-order valence-corrected chi connectivity index (χ2v) is 4.96. The van der Waals surface area contributed by atoms with E-state index in [0.717, 1.165) is 10.9 Å². The lowest BCUT2D eigenvalue weighted by atomic mass is 10.1. The van der Waals surface area contributed by atoms with Crippen LogP contribution in [-0.2, 0) is 4.74 Å². The van der Waals surface area contributed by atoms with Gasteiger partial charge >= 0.3 is 0 Å². The van der Waals surface area contributed by atoms with E-state index < -0.39 is 6.10 Å². The first-order valence-electron chi connectivity index (χ1n) is 6.65. The number of amidine groups is 1. The monoisotopic (exact) mass is 288 g/mol. The lowest BCUT2D eigenvalue weighted by Gasteiger charge is -2.24. The maximum Gasteiger partial charge on any atom is 0.140 e. The fourth-order valence-corrected chi connectivity index (χ4v) is 2.24. The van der Waals surface area contributed by atoms with Gasteiger partial charge in [-0.15, -0.1) is 0 Å². The predicted molar refractivity (Wildman–Crippen MR) is 83.9 cm³/mol. The highest BCUT2D eigenvalue weighted by Crippen LogP contribution is 2.22. The van der Waals surface area contributed by atoms with Crippen molar-refractivity contribution in [3.8, 4) is 0 Å². The quantitative estimate of drug-likeness (QED) is 0.543. The molecule has 0 radical (unpaired) electrons. The van der Waals surface area contributed by atoms with Gasteiger partial charge in [0.25, 0.3) is 0 Å². The van der Waals surface area contributed by atoms with E-state index in [-0.39, 0.29) is 12.4 Å². The summed E-state index contributed by atoms with van der Waals surface area (Å²) in [6.07, 6.45) is -0.631. The van der Waals surface area contributed by atoms with Crippen LogP contribution in [0.15, 0.2) is 30.3 Å². The first kappa shape index (κ1) is 15.2. The Balaban J connectivity index is 2.40. The minimum Gasteiger partial charge on any atom is -0.389 e. The molecule has 21 heavy (non-hydrogen) atoms. The van der Waals surface area contributed by atoms with E-state index in [4.69, 9.17) is 15.9 Å². The Hall–Kier alpha value is -2.18. The minimum atomic E-state index is -0.631. The van der Waals surface area contributed by atoms with Crippen LogP contribution in [0.1, 0.15) is 5.56 Å². The van der Waals surface area contributed by atoms with Crippen LogP contribution in [-0.4, -0.2) is 49.3 Å². The van der Waals surface area contributed by atoms with Crippen LogP contribution in [0.5, 0.6) is 0 Å². The van der Waals surface area contributed by atoms with Crippen molar-refractivity contribution < 1.29 is 9.84 Å². The molecule has 1 unspecified atom stereocenters. The van der Waals surface area contributed by atoms with E-state index in [1.54, 1.807) is 12.0 Å². The van der Waals surface area contributed by atoms with Gasteiger partial charge in [-0.25, -0.2) is 4.98 Å². The molecule has 1 atom stereocenters. The molecule has 1 aromatic heterocycles. The average Bonchev–Trinajstić information content (AvgIpc) is 2.45. The standard InChI is InChI=1S/C15H20N4O2/c1-19(8-11(20)9-21-2)15-12(14(16)17)7-10-5-3-4-6-13(10)18-15/h3-7,11,20H,8-9H2,1-2H3,(H3,16,17). The highest BCUT2D eigenvalue weighted by molar-refractivity contribution is 6.02. The molecule has 0 fully saturated rings. The first-order valence-corrected chi connectivity index (χ1v) is 6.65. The van der Waals surface area contributed by atoms with Gasteiger partial charge in [-0.1, -0.05) is 18.2 Å². The molecule has 0 amide bonds. The first-order chi connectivity index (χ1) is 10.0. The van der Waals surface area contributed by atoms with Crippen molar-refractivity contribution in [3.05, 3.63) is 35.9 Å². The van der Waals surface area contributed by atoms with Crippen molar-refractivity contribution in [1.29, 1.82) is 5.41 Å². The van der Waals surface area contributed by atoms with Gasteiger partial charge in [0.05, 0.1) is 23.8 Å². The van der Waals surface area contributed by atoms with E-state index in [9.17, 15) is 5.11 Å². The fourth-order valence-electron chi connectivity index (χ4n) is 2.24. The van der Waals surface area contributed by atoms with Gasteiger partial charge in [-0.05, 0) is 12.1 Å². The Labute approximate surface area is 123 Å². The number of rotatable bonds is 6. The van der Waals surface area contributed by atoms with E-state index in [1.165, 1.54) is 0 Å². The zero-order valence-corrected chi connectivity index (χ0v) is 12.2. The molecule has 6 heteroatoms. The Bertz CT molecular complexity index is 645. The summed E-state index contributed by atoms with van der Waals surface area (Å²) < 4.78 is 4.92. The number of benzene rings is 1. The van der Waals surface area contributed by atoms with E-state index in [0.29, 0.717) is 17.9 Å². The predicted octanol–water partition coefficient (Wildman–Crippen LogP) is 0.962. The summed E-state index contributed by atoms with van der Waals surface area (Å²) in [5.74, 6) is 0.535. The highest BCUT2D eigenvalue weighted by atomic mass is 16.5. The lowest BCUT2D eigenvalue weighted by Crippen LogP contribution is -2.33. The largest absolute Gasteiger partial charge is 0.389 e. The second kappa shape index (κ2) is 6.51. The summed E-state index contributed by atoms with van der Waals surface area (Å²) in [4.78, 5) is 6.35. The van der Waals surface area contributed by atoms with E-state index >= 15 is 0 Å². The molecule has 0 bridgehead atoms. The number of para-hydroxylation sites is 1. The van der Waals surface area contributed by atoms with Gasteiger partial charge in [0.2, 0.25) is 0 Å². The van der Waals surface area contributed by atoms with Crippen LogP contribution >= 0.6 is 0 Å². The van der Waals surface area contributed by atoms with Crippen LogP contribution in [0, 0.1) is 5.41 Å². The zero-order chi connectivity index (χ0) is 15.4. The summed E-state index contributed by atoms with van der Waals surface area (Å²) in [7, 11) is 3.35. The molecular formula is C15H20N4O2. The summed E-state index contributed by atoms with van der Waals surface area (Å²) >= 11 is 0. The summed E-state index contributed by atoms with van der Waals surface area (Å²) in [5, 5.41) is 18.5. The molecule has 0 aliphatic carbocycles. The number of methoxy groups -OCH3 is 1. The van der Waals surface area contributed by atoms with Crippen molar-refractivity contribution in [3.63, 3.8) is 0 Å². The zero-order valence-electron chi connectivity index (χ0n) is 12.2. The molecule has 0 saturated carbocycles. The topological polar surface area (TPSA) is 95.5 Å². The number of nitrogens with two attached hydrogens (primary N) is 1. The fraction of sp³-hybridized carbons (Fsp3) is 0.333. The van der Waals surface area contributed by atoms with Gasteiger partial charge in [0, 0.05) is 26.1 Å². The number of hydrogen-bond donors (Lipinski definition) is 3. The minimum absolute atomic E-state index is 0.0451. The third-order valence-corrected chi connectivity index (χ3v) is 3.20. The summed E-state index contributed by atoms with van der Waals surface area (Å²) in [5.41, 5.74) is 7.04. The van der Waals surface area contributed by atoms with E-state index in [2.05, 4.69) is 4.98 Å². The van der Waals surface area contributed by atoms with Gasteiger partial charge in [0.15, 0.2) is 0 Å². The number of ether oxygens (including phenoxy) is 1. The van der Waals surface area contributed by atoms with Crippen LogP contribution in [0.3, 0.4) is 0 Å². The van der Waals surface area contributed by atoms with E-state index in [1.807, 2.05) is 37.4 Å². The van der Waals surface area contributed by atoms with Gasteiger partial charge < -0.3 is 20.5 Å². The number of aliphatic hydroxyl groups excluding tert-OH is 1. The number of hydrogen-bond acceptors (Lipinski definition) is 5. The molecule has 0 aliphatic heterocycles. The average molecular weight is 288 g/mol. The second-order valence-electron chi connectivity index (χ2n) is 4.96. The summed E-state index contributed by atoms with van der Waals surface area (Å²) in [6.45, 7) is 0.590. The molecule has 1 heterocycles. The maximum atomic E-state index is 9.84. The molecule has 1 aromatic carbocycles. The van der Waals surface area contributed by atoms with Crippen molar-refractivity contribution in [2.75, 3.05) is 32.2 Å². The molecule has 0 spiro atoms. The van der Waals surface area contributed by atoms with Gasteiger partial charge in [0.1, 0.15) is 11.7 Å². The Morgan fingerprint density at radius 3 is 2.86 bits per heavy atom. The number of nitrogens with one attached hydrogen (secondary N) is 1. The van der Waals surface area contributed by atoms with Crippen LogP contribution in [0.4, 0.5) is 5.82 Å². The van der Waals surface area contributed by atoms with Gasteiger partial charge in [-0.2, -0.15) is 0 Å². The Kier molecular flexibility index (Phi) is 4.72. The molecule has 0 saturated heterocycles. The van der Waals surface area contributed by atoms with Crippen molar-refractivity contribution in [1.82, 2.24) is 4.98 Å². The number of fused-ring (bicyclic) bond motifs is 1. The normalized spacial score (nSPS) is 12.3. The number of nitrogen functional groups attached to an aromatic ring is 1. The van der Waals surface area contributed by atoms with Crippen LogP contribution < -0.4 is 10.6 Å². The van der Waals surface area contributed by atoms with Crippen molar-refractivity contribution in [2.24, 2.45) is 5.73 Å². The SMILES string of the molecule is COCC(O)CN(C)c1nc2ccccc2cc1C(=N)N. The molecule has 6 nitrogen and oxygen atoms in total. The number of nitrogens with zero attached hydrogens (tertiary/aromatic N) is 2. The number of aromatic nitrogens is 1. The van der Waals surface area contributed by atoms with Crippen molar-refractivity contribution in [2.45, 2.75) is 6.10 Å². The smallest absolute Gasteiger partial charge is 0.140 e. The highest BCUT2D eigenvalue weighted by Gasteiger charge is 2.16. The summed E-state index contributed by atoms with van der Waals surface area (Å²) in [6, 6.07) is 9.51. The molecule has 0 aliphatic rings. The third kappa shape index (κ3) is 3.48. The molecule has 4 N–H and O–H groups in total. The van der Waals surface area contributed by atoms with Crippen molar-refractivity contribution >= 4 is 22.6 Å². The lowest BCUT2D eigenvalue weighted by molar-refractivity contribution is 0.0694. The van der Waals surface area contributed by atoms with Gasteiger partial charge in [-0.3, -0.25) is 5.41 Å². The molecular weight excluding hydrogens is 268 g/mol. The maximum absolute atomic E-state index is 9.84.